The SMILES string of the molecule is COc1cccc(-n2c(CCNc3nc(N)nc(N)c3C#N)nc3cccc(Cl)c3c2=O)c1C. The Morgan fingerprint density at radius 2 is 1.94 bits per heavy atom. The van der Waals surface area contributed by atoms with E-state index in [9.17, 15) is 10.1 Å². The molecule has 0 saturated carbocycles. The number of methoxy groups -OCH3 is 1. The first kappa shape index (κ1) is 22.8. The van der Waals surface area contributed by atoms with E-state index in [-0.39, 0.29) is 35.3 Å². The van der Waals surface area contributed by atoms with Gasteiger partial charge >= 0.3 is 0 Å². The van der Waals surface area contributed by atoms with Gasteiger partial charge < -0.3 is 21.5 Å². The first-order valence-electron chi connectivity index (χ1n) is 10.3. The van der Waals surface area contributed by atoms with Crippen molar-refractivity contribution in [3.05, 3.63) is 68.7 Å². The molecule has 2 aromatic carbocycles. The van der Waals surface area contributed by atoms with Crippen LogP contribution in [0.2, 0.25) is 5.02 Å². The lowest BCUT2D eigenvalue weighted by Crippen LogP contribution is -2.26. The van der Waals surface area contributed by atoms with Crippen LogP contribution in [0.15, 0.2) is 41.2 Å². The molecule has 0 atom stereocenters. The van der Waals surface area contributed by atoms with Gasteiger partial charge in [0.1, 0.15) is 29.0 Å². The second kappa shape index (κ2) is 9.25. The van der Waals surface area contributed by atoms with Gasteiger partial charge in [-0.3, -0.25) is 9.36 Å². The van der Waals surface area contributed by atoms with E-state index in [1.54, 1.807) is 31.4 Å². The van der Waals surface area contributed by atoms with E-state index in [1.165, 1.54) is 4.57 Å². The molecular weight excluding hydrogens is 456 g/mol. The van der Waals surface area contributed by atoms with Gasteiger partial charge in [0.15, 0.2) is 5.82 Å². The van der Waals surface area contributed by atoms with Crippen LogP contribution in [0.3, 0.4) is 0 Å². The molecule has 0 saturated heterocycles. The molecule has 2 heterocycles. The third kappa shape index (κ3) is 4.04. The van der Waals surface area contributed by atoms with Crippen molar-refractivity contribution in [1.82, 2.24) is 19.5 Å². The van der Waals surface area contributed by atoms with Crippen LogP contribution in [0.25, 0.3) is 16.6 Å². The van der Waals surface area contributed by atoms with E-state index in [1.807, 2.05) is 25.1 Å². The van der Waals surface area contributed by atoms with Gasteiger partial charge in [0.25, 0.3) is 5.56 Å². The van der Waals surface area contributed by atoms with Crippen LogP contribution in [-0.2, 0) is 6.42 Å². The van der Waals surface area contributed by atoms with E-state index >= 15 is 0 Å². The standard InChI is InChI=1S/C23H21ClN8O2/c1-12-16(7-4-8-17(12)34-2)32-18(29-15-6-3-5-14(24)19(15)22(32)33)9-10-28-21-13(11-25)20(26)30-23(27)31-21/h3-8H,9-10H2,1-2H3,(H5,26,27,28,30,31). The normalized spacial score (nSPS) is 10.8. The van der Waals surface area contributed by atoms with Gasteiger partial charge in [-0.1, -0.05) is 23.7 Å². The van der Waals surface area contributed by atoms with Crippen molar-refractivity contribution in [3.63, 3.8) is 0 Å². The molecule has 10 nitrogen and oxygen atoms in total. The molecule has 0 unspecified atom stereocenters. The Kier molecular flexibility index (Phi) is 6.21. The number of aromatic nitrogens is 4. The smallest absolute Gasteiger partial charge is 0.267 e. The highest BCUT2D eigenvalue weighted by atomic mass is 35.5. The van der Waals surface area contributed by atoms with Crippen molar-refractivity contribution in [3.8, 4) is 17.5 Å². The molecule has 4 rings (SSSR count). The molecule has 11 heteroatoms. The van der Waals surface area contributed by atoms with E-state index in [4.69, 9.17) is 32.8 Å². The number of nitrogens with zero attached hydrogens (tertiary/aromatic N) is 5. The number of ether oxygens (including phenoxy) is 1. The zero-order valence-corrected chi connectivity index (χ0v) is 19.2. The Morgan fingerprint density at radius 1 is 1.18 bits per heavy atom. The lowest BCUT2D eigenvalue weighted by atomic mass is 10.1. The molecule has 0 fully saturated rings. The average molecular weight is 477 g/mol. The molecule has 5 N–H and O–H groups in total. The number of nitrogens with two attached hydrogens (primary N) is 2. The van der Waals surface area contributed by atoms with Crippen LogP contribution < -0.4 is 27.1 Å². The summed E-state index contributed by atoms with van der Waals surface area (Å²) >= 11 is 6.36. The minimum absolute atomic E-state index is 0.0140. The number of benzene rings is 2. The van der Waals surface area contributed by atoms with Crippen molar-refractivity contribution in [2.45, 2.75) is 13.3 Å². The highest BCUT2D eigenvalue weighted by Gasteiger charge is 2.18. The average Bonchev–Trinajstić information content (AvgIpc) is 2.79. The molecule has 2 aromatic heterocycles. The highest BCUT2D eigenvalue weighted by Crippen LogP contribution is 2.26. The van der Waals surface area contributed by atoms with E-state index in [2.05, 4.69) is 15.3 Å². The summed E-state index contributed by atoms with van der Waals surface area (Å²) in [6.07, 6.45) is 0.309. The van der Waals surface area contributed by atoms with E-state index in [0.717, 1.165) is 5.56 Å². The van der Waals surface area contributed by atoms with Gasteiger partial charge in [0.2, 0.25) is 5.95 Å². The molecular formula is C23H21ClN8O2. The summed E-state index contributed by atoms with van der Waals surface area (Å²) in [6, 6.07) is 12.5. The van der Waals surface area contributed by atoms with Gasteiger partial charge in [-0.05, 0) is 31.2 Å². The minimum atomic E-state index is -0.296. The molecule has 0 radical (unpaired) electrons. The van der Waals surface area contributed by atoms with Crippen molar-refractivity contribution in [2.24, 2.45) is 0 Å². The summed E-state index contributed by atoms with van der Waals surface area (Å²) in [5.41, 5.74) is 13.1. The summed E-state index contributed by atoms with van der Waals surface area (Å²) in [5.74, 6) is 1.26. The fourth-order valence-electron chi connectivity index (χ4n) is 3.75. The lowest BCUT2D eigenvalue weighted by Gasteiger charge is -2.18. The maximum Gasteiger partial charge on any atom is 0.267 e. The summed E-state index contributed by atoms with van der Waals surface area (Å²) in [4.78, 5) is 26.2. The first-order valence-corrected chi connectivity index (χ1v) is 10.6. The van der Waals surface area contributed by atoms with Crippen LogP contribution in [0.1, 0.15) is 17.0 Å². The molecule has 0 amide bonds. The van der Waals surface area contributed by atoms with Crippen molar-refractivity contribution in [1.29, 1.82) is 5.26 Å². The third-order valence-electron chi connectivity index (χ3n) is 5.34. The number of nitrogens with one attached hydrogen (secondary N) is 1. The molecule has 0 aliphatic carbocycles. The van der Waals surface area contributed by atoms with Gasteiger partial charge in [0.05, 0.1) is 28.7 Å². The van der Waals surface area contributed by atoms with E-state index in [0.29, 0.717) is 39.6 Å². The predicted molar refractivity (Wildman–Crippen MR) is 131 cm³/mol. The molecule has 0 aliphatic rings. The molecule has 0 bridgehead atoms. The van der Waals surface area contributed by atoms with Crippen LogP contribution in [0.4, 0.5) is 17.6 Å². The second-order valence-corrected chi connectivity index (χ2v) is 7.79. The van der Waals surface area contributed by atoms with Crippen LogP contribution >= 0.6 is 11.6 Å². The molecule has 0 spiro atoms. The van der Waals surface area contributed by atoms with E-state index < -0.39 is 0 Å². The minimum Gasteiger partial charge on any atom is -0.496 e. The molecule has 4 aromatic rings. The zero-order chi connectivity index (χ0) is 24.4. The Hall–Kier alpha value is -4.36. The fourth-order valence-corrected chi connectivity index (χ4v) is 4.00. The Labute approximate surface area is 199 Å². The number of nitriles is 1. The number of rotatable bonds is 6. The predicted octanol–water partition coefficient (Wildman–Crippen LogP) is 2.84. The largest absolute Gasteiger partial charge is 0.496 e. The molecule has 0 aliphatic heterocycles. The maximum atomic E-state index is 13.6. The van der Waals surface area contributed by atoms with Crippen molar-refractivity contribution in [2.75, 3.05) is 30.4 Å². The number of anilines is 3. The van der Waals surface area contributed by atoms with Crippen molar-refractivity contribution >= 4 is 40.1 Å². The van der Waals surface area contributed by atoms with Gasteiger partial charge in [-0.15, -0.1) is 0 Å². The summed E-state index contributed by atoms with van der Waals surface area (Å²) in [7, 11) is 1.57. The molecule has 34 heavy (non-hydrogen) atoms. The highest BCUT2D eigenvalue weighted by molar-refractivity contribution is 6.35. The lowest BCUT2D eigenvalue weighted by molar-refractivity contribution is 0.411. The second-order valence-electron chi connectivity index (χ2n) is 7.39. The summed E-state index contributed by atoms with van der Waals surface area (Å²) < 4.78 is 6.97. The number of halogens is 1. The Balaban J connectivity index is 1.81. The van der Waals surface area contributed by atoms with Crippen LogP contribution in [-0.4, -0.2) is 33.2 Å². The summed E-state index contributed by atoms with van der Waals surface area (Å²) in [5, 5.41) is 13.1. The first-order chi connectivity index (χ1) is 16.3. The Morgan fingerprint density at radius 3 is 2.68 bits per heavy atom. The number of fused-ring (bicyclic) bond motifs is 1. The summed E-state index contributed by atoms with van der Waals surface area (Å²) in [6.45, 7) is 2.15. The van der Waals surface area contributed by atoms with Gasteiger partial charge in [0, 0.05) is 18.5 Å². The monoisotopic (exact) mass is 476 g/mol. The zero-order valence-electron chi connectivity index (χ0n) is 18.5. The van der Waals surface area contributed by atoms with Gasteiger partial charge in [-0.25, -0.2) is 4.98 Å². The quantitative estimate of drug-likeness (QED) is 0.380. The fraction of sp³-hybridized carbons (Fsp3) is 0.174. The van der Waals surface area contributed by atoms with Crippen LogP contribution in [0.5, 0.6) is 5.75 Å². The van der Waals surface area contributed by atoms with Crippen molar-refractivity contribution < 1.29 is 4.74 Å². The topological polar surface area (TPSA) is 158 Å². The number of hydrogen-bond donors (Lipinski definition) is 3. The van der Waals surface area contributed by atoms with Crippen LogP contribution in [0, 0.1) is 18.3 Å². The molecule has 172 valence electrons. The number of hydrogen-bond acceptors (Lipinski definition) is 9. The van der Waals surface area contributed by atoms with Gasteiger partial charge in [-0.2, -0.15) is 15.2 Å². The maximum absolute atomic E-state index is 13.6. The third-order valence-corrected chi connectivity index (χ3v) is 5.65. The number of nitrogen functional groups attached to an aromatic ring is 2. The Bertz CT molecular complexity index is 1510.